The van der Waals surface area contributed by atoms with Gasteiger partial charge in [0.15, 0.2) is 0 Å². The number of halogens is 1. The first kappa shape index (κ1) is 6.07. The molecule has 0 spiro atoms. The van der Waals surface area contributed by atoms with Gasteiger partial charge in [0.25, 0.3) is 0 Å². The SMILES string of the molecule is ICCc1ccn[nH]1. The predicted molar refractivity (Wildman–Crippen MR) is 41.2 cm³/mol. The van der Waals surface area contributed by atoms with E-state index in [9.17, 15) is 0 Å². The zero-order valence-electron chi connectivity index (χ0n) is 4.39. The fraction of sp³-hybridized carbons (Fsp3) is 0.400. The third-order valence-electron chi connectivity index (χ3n) is 0.922. The molecule has 0 aliphatic heterocycles. The minimum atomic E-state index is 1.10. The molecular weight excluding hydrogens is 215 g/mol. The van der Waals surface area contributed by atoms with Gasteiger partial charge in [-0.15, -0.1) is 0 Å². The van der Waals surface area contributed by atoms with E-state index in [1.807, 2.05) is 6.07 Å². The molecule has 0 saturated heterocycles. The fourth-order valence-electron chi connectivity index (χ4n) is 0.526. The molecule has 0 amide bonds. The molecule has 0 aliphatic carbocycles. The van der Waals surface area contributed by atoms with Crippen LogP contribution in [0.4, 0.5) is 0 Å². The van der Waals surface area contributed by atoms with Gasteiger partial charge in [0.2, 0.25) is 0 Å². The number of aromatic nitrogens is 2. The number of hydrogen-bond acceptors (Lipinski definition) is 1. The first-order valence-corrected chi connectivity index (χ1v) is 4.00. The molecule has 3 heteroatoms. The van der Waals surface area contributed by atoms with Gasteiger partial charge in [0.1, 0.15) is 0 Å². The van der Waals surface area contributed by atoms with E-state index in [-0.39, 0.29) is 0 Å². The van der Waals surface area contributed by atoms with E-state index in [1.165, 1.54) is 5.69 Å². The van der Waals surface area contributed by atoms with Crippen LogP contribution in [0.2, 0.25) is 0 Å². The van der Waals surface area contributed by atoms with Crippen molar-refractivity contribution in [3.05, 3.63) is 18.0 Å². The zero-order valence-corrected chi connectivity index (χ0v) is 6.55. The molecule has 1 aromatic heterocycles. The number of hydrogen-bond donors (Lipinski definition) is 1. The van der Waals surface area contributed by atoms with Crippen LogP contribution < -0.4 is 0 Å². The smallest absolute Gasteiger partial charge is 0.0490 e. The monoisotopic (exact) mass is 222 g/mol. The fourth-order valence-corrected chi connectivity index (χ4v) is 1.11. The van der Waals surface area contributed by atoms with Crippen LogP contribution in [0, 0.1) is 0 Å². The van der Waals surface area contributed by atoms with Gasteiger partial charge in [-0.25, -0.2) is 0 Å². The molecule has 2 nitrogen and oxygen atoms in total. The number of nitrogens with one attached hydrogen (secondary N) is 1. The molecule has 0 bridgehead atoms. The van der Waals surface area contributed by atoms with Crippen molar-refractivity contribution in [2.45, 2.75) is 6.42 Å². The molecule has 1 rings (SSSR count). The predicted octanol–water partition coefficient (Wildman–Crippen LogP) is 1.39. The lowest BCUT2D eigenvalue weighted by Crippen LogP contribution is -1.83. The van der Waals surface area contributed by atoms with Crippen LogP contribution >= 0.6 is 22.6 Å². The second-order valence-corrected chi connectivity index (χ2v) is 2.60. The van der Waals surface area contributed by atoms with Crippen LogP contribution in [-0.2, 0) is 6.42 Å². The van der Waals surface area contributed by atoms with E-state index in [2.05, 4.69) is 32.8 Å². The third kappa shape index (κ3) is 1.47. The number of aromatic amines is 1. The van der Waals surface area contributed by atoms with Crippen LogP contribution in [0.1, 0.15) is 5.69 Å². The van der Waals surface area contributed by atoms with E-state index in [4.69, 9.17) is 0 Å². The van der Waals surface area contributed by atoms with Crippen molar-refractivity contribution in [1.29, 1.82) is 0 Å². The summed E-state index contributed by atoms with van der Waals surface area (Å²) >= 11 is 2.34. The van der Waals surface area contributed by atoms with Crippen molar-refractivity contribution in [2.24, 2.45) is 0 Å². The molecule has 0 atom stereocenters. The second-order valence-electron chi connectivity index (χ2n) is 1.52. The Hall–Kier alpha value is -0.0600. The summed E-state index contributed by atoms with van der Waals surface area (Å²) in [6.07, 6.45) is 2.88. The van der Waals surface area contributed by atoms with E-state index >= 15 is 0 Å². The summed E-state index contributed by atoms with van der Waals surface area (Å²) in [6, 6.07) is 2.00. The highest BCUT2D eigenvalue weighted by Crippen LogP contribution is 1.95. The van der Waals surface area contributed by atoms with Gasteiger partial charge >= 0.3 is 0 Å². The molecule has 0 fully saturated rings. The average Bonchev–Trinajstić information content (AvgIpc) is 2.19. The summed E-state index contributed by atoms with van der Waals surface area (Å²) in [7, 11) is 0. The highest BCUT2D eigenvalue weighted by atomic mass is 127. The number of aryl methyl sites for hydroxylation is 1. The average molecular weight is 222 g/mol. The van der Waals surface area contributed by atoms with Gasteiger partial charge in [-0.05, 0) is 12.5 Å². The Morgan fingerprint density at radius 2 is 2.62 bits per heavy atom. The molecule has 0 aliphatic rings. The topological polar surface area (TPSA) is 28.7 Å². The van der Waals surface area contributed by atoms with Gasteiger partial charge < -0.3 is 0 Å². The maximum Gasteiger partial charge on any atom is 0.0490 e. The number of alkyl halides is 1. The lowest BCUT2D eigenvalue weighted by atomic mass is 10.4. The molecule has 8 heavy (non-hydrogen) atoms. The third-order valence-corrected chi connectivity index (χ3v) is 1.46. The maximum atomic E-state index is 3.81. The maximum absolute atomic E-state index is 3.81. The van der Waals surface area contributed by atoms with E-state index in [0.717, 1.165) is 10.8 Å². The van der Waals surface area contributed by atoms with Gasteiger partial charge in [0, 0.05) is 16.3 Å². The van der Waals surface area contributed by atoms with Crippen molar-refractivity contribution in [3.63, 3.8) is 0 Å². The lowest BCUT2D eigenvalue weighted by molar-refractivity contribution is 0.988. The molecule has 0 unspecified atom stereocenters. The summed E-state index contributed by atoms with van der Waals surface area (Å²) in [6.45, 7) is 0. The molecule has 1 heterocycles. The number of nitrogens with zero attached hydrogens (tertiary/aromatic N) is 1. The largest absolute Gasteiger partial charge is 0.283 e. The van der Waals surface area contributed by atoms with Gasteiger partial charge in [-0.1, -0.05) is 22.6 Å². The van der Waals surface area contributed by atoms with Crippen LogP contribution in [-0.4, -0.2) is 14.6 Å². The van der Waals surface area contributed by atoms with Crippen LogP contribution in [0.3, 0.4) is 0 Å². The van der Waals surface area contributed by atoms with Gasteiger partial charge in [-0.3, -0.25) is 5.10 Å². The van der Waals surface area contributed by atoms with Crippen LogP contribution in [0.15, 0.2) is 12.3 Å². The van der Waals surface area contributed by atoms with E-state index in [0.29, 0.717) is 0 Å². The minimum absolute atomic E-state index is 1.10. The molecule has 0 aromatic carbocycles. The minimum Gasteiger partial charge on any atom is -0.283 e. The van der Waals surface area contributed by atoms with Crippen molar-refractivity contribution in [1.82, 2.24) is 10.2 Å². The Bertz CT molecular complexity index is 136. The van der Waals surface area contributed by atoms with Crippen LogP contribution in [0.5, 0.6) is 0 Å². The highest BCUT2D eigenvalue weighted by molar-refractivity contribution is 14.1. The van der Waals surface area contributed by atoms with Crippen molar-refractivity contribution in [3.8, 4) is 0 Å². The second kappa shape index (κ2) is 3.06. The summed E-state index contributed by atoms with van der Waals surface area (Å²) in [5.41, 5.74) is 1.22. The van der Waals surface area contributed by atoms with Crippen molar-refractivity contribution >= 4 is 22.6 Å². The number of H-pyrrole nitrogens is 1. The summed E-state index contributed by atoms with van der Waals surface area (Å²) in [5, 5.41) is 6.70. The Morgan fingerprint density at radius 3 is 3.12 bits per heavy atom. The first-order valence-electron chi connectivity index (χ1n) is 2.47. The van der Waals surface area contributed by atoms with E-state index < -0.39 is 0 Å². The molecule has 0 radical (unpaired) electrons. The normalized spacial score (nSPS) is 9.62. The van der Waals surface area contributed by atoms with Crippen molar-refractivity contribution in [2.75, 3.05) is 4.43 Å². The summed E-state index contributed by atoms with van der Waals surface area (Å²) in [4.78, 5) is 0. The molecule has 0 saturated carbocycles. The quantitative estimate of drug-likeness (QED) is 0.594. The molecule has 1 N–H and O–H groups in total. The Morgan fingerprint density at radius 1 is 1.75 bits per heavy atom. The highest BCUT2D eigenvalue weighted by Gasteiger charge is 1.87. The Kier molecular flexibility index (Phi) is 2.32. The zero-order chi connectivity index (χ0) is 5.82. The Balaban J connectivity index is 2.50. The standard InChI is InChI=1S/C5H7IN2/c6-3-1-5-2-4-7-8-5/h2,4H,1,3H2,(H,7,8). The van der Waals surface area contributed by atoms with Crippen LogP contribution in [0.25, 0.3) is 0 Å². The summed E-state index contributed by atoms with van der Waals surface area (Å²) < 4.78 is 1.15. The van der Waals surface area contributed by atoms with Crippen molar-refractivity contribution < 1.29 is 0 Å². The number of rotatable bonds is 2. The summed E-state index contributed by atoms with van der Waals surface area (Å²) in [5.74, 6) is 0. The molecule has 1 aromatic rings. The van der Waals surface area contributed by atoms with E-state index in [1.54, 1.807) is 6.20 Å². The van der Waals surface area contributed by atoms with Gasteiger partial charge in [0.05, 0.1) is 0 Å². The Labute approximate surface area is 61.8 Å². The van der Waals surface area contributed by atoms with Gasteiger partial charge in [-0.2, -0.15) is 5.10 Å². The molecular formula is C5H7IN2. The lowest BCUT2D eigenvalue weighted by Gasteiger charge is -1.85. The molecule has 44 valence electrons. The first-order chi connectivity index (χ1) is 3.93.